The molecule has 2 fully saturated rings. The van der Waals surface area contributed by atoms with Crippen LogP contribution in [0.1, 0.15) is 77.1 Å². The van der Waals surface area contributed by atoms with Gasteiger partial charge >= 0.3 is 12.2 Å². The normalized spacial score (nSPS) is 19.0. The SMILES string of the molecule is COC(=O)N[C@H](C(=O)N1CCC[C@H]1c1ncc(-c2ccc(-c3cnc([C@@H]4CCCN4C(=O)[C@@H](NC(=O)OC)C(C)C)[nH]3)cc2)[nH]1)C(C)C. The van der Waals surface area contributed by atoms with Crippen molar-refractivity contribution in [2.75, 3.05) is 27.3 Å². The second-order valence-corrected chi connectivity index (χ2v) is 13.0. The molecule has 14 heteroatoms. The fourth-order valence-electron chi connectivity index (χ4n) is 6.52. The zero-order chi connectivity index (χ0) is 34.5. The molecule has 3 aromatic rings. The predicted octanol–water partition coefficient (Wildman–Crippen LogP) is 4.56. The summed E-state index contributed by atoms with van der Waals surface area (Å²) >= 11 is 0. The van der Waals surface area contributed by atoms with Gasteiger partial charge in [0, 0.05) is 13.1 Å². The molecule has 4 heterocycles. The number of hydrogen-bond acceptors (Lipinski definition) is 8. The van der Waals surface area contributed by atoms with E-state index < -0.39 is 24.3 Å². The standard InChI is InChI=1S/C34H46N8O6/c1-19(2)27(39-33(45)47-5)31(43)41-15-7-9-25(41)29-35-17-23(37-29)21-11-13-22(14-12-21)24-18-36-30(38-24)26-10-8-16-42(26)32(44)28(20(3)4)40-34(46)48-6/h11-14,17-20,25-28H,7-10,15-16H2,1-6H3,(H,35,37)(H,36,38)(H,39,45)(H,40,46)/t25-,26-,27-,28-/m0/s1. The van der Waals surface area contributed by atoms with Crippen LogP contribution in [-0.2, 0) is 19.1 Å². The summed E-state index contributed by atoms with van der Waals surface area (Å²) in [7, 11) is 2.56. The fourth-order valence-corrected chi connectivity index (χ4v) is 6.52. The molecule has 2 aliphatic rings. The van der Waals surface area contributed by atoms with Gasteiger partial charge in [-0.15, -0.1) is 0 Å². The first kappa shape index (κ1) is 34.5. The van der Waals surface area contributed by atoms with E-state index in [1.165, 1.54) is 14.2 Å². The Morgan fingerprint density at radius 1 is 0.708 bits per heavy atom. The van der Waals surface area contributed by atoms with E-state index in [-0.39, 0.29) is 35.7 Å². The first-order valence-corrected chi connectivity index (χ1v) is 16.5. The zero-order valence-corrected chi connectivity index (χ0v) is 28.4. The van der Waals surface area contributed by atoms with Gasteiger partial charge in [-0.3, -0.25) is 9.59 Å². The highest BCUT2D eigenvalue weighted by Crippen LogP contribution is 2.35. The number of hydrogen-bond donors (Lipinski definition) is 4. The van der Waals surface area contributed by atoms with Gasteiger partial charge < -0.3 is 39.9 Å². The molecule has 0 radical (unpaired) electrons. The number of benzene rings is 1. The van der Waals surface area contributed by atoms with Crippen LogP contribution in [0.5, 0.6) is 0 Å². The number of alkyl carbamates (subject to hydrolysis) is 2. The van der Waals surface area contributed by atoms with E-state index in [1.54, 1.807) is 22.2 Å². The van der Waals surface area contributed by atoms with Gasteiger partial charge in [-0.25, -0.2) is 19.6 Å². The quantitative estimate of drug-likeness (QED) is 0.245. The molecular weight excluding hydrogens is 616 g/mol. The highest BCUT2D eigenvalue weighted by Gasteiger charge is 2.39. The van der Waals surface area contributed by atoms with Crippen molar-refractivity contribution in [1.82, 2.24) is 40.4 Å². The van der Waals surface area contributed by atoms with Crippen molar-refractivity contribution < 1.29 is 28.7 Å². The number of carbonyl (C=O) groups excluding carboxylic acids is 4. The summed E-state index contributed by atoms with van der Waals surface area (Å²) in [6.07, 6.45) is 5.51. The molecule has 2 aromatic heterocycles. The molecule has 4 amide bonds. The Morgan fingerprint density at radius 3 is 1.42 bits per heavy atom. The summed E-state index contributed by atoms with van der Waals surface area (Å²) < 4.78 is 9.47. The number of imidazole rings is 2. The molecule has 258 valence electrons. The monoisotopic (exact) mass is 662 g/mol. The third kappa shape index (κ3) is 7.32. The predicted molar refractivity (Wildman–Crippen MR) is 177 cm³/mol. The molecule has 0 aliphatic carbocycles. The van der Waals surface area contributed by atoms with Crippen LogP contribution in [0.15, 0.2) is 36.7 Å². The van der Waals surface area contributed by atoms with Crippen molar-refractivity contribution in [1.29, 1.82) is 0 Å². The van der Waals surface area contributed by atoms with Gasteiger partial charge in [0.1, 0.15) is 23.7 Å². The first-order chi connectivity index (χ1) is 23.0. The summed E-state index contributed by atoms with van der Waals surface area (Å²) in [4.78, 5) is 70.4. The summed E-state index contributed by atoms with van der Waals surface area (Å²) in [5, 5.41) is 5.36. The Bertz CT molecular complexity index is 1480. The number of methoxy groups -OCH3 is 2. The minimum atomic E-state index is -0.694. The highest BCUT2D eigenvalue weighted by atomic mass is 16.5. The first-order valence-electron chi connectivity index (χ1n) is 16.5. The van der Waals surface area contributed by atoms with E-state index in [2.05, 4.69) is 30.6 Å². The minimum Gasteiger partial charge on any atom is -0.453 e. The molecule has 4 N–H and O–H groups in total. The number of aromatic nitrogens is 4. The van der Waals surface area contributed by atoms with Crippen molar-refractivity contribution in [3.05, 3.63) is 48.3 Å². The van der Waals surface area contributed by atoms with Gasteiger partial charge in [-0.1, -0.05) is 52.0 Å². The van der Waals surface area contributed by atoms with Crippen LogP contribution in [0.25, 0.3) is 22.5 Å². The number of nitrogens with one attached hydrogen (secondary N) is 4. The van der Waals surface area contributed by atoms with Gasteiger partial charge in [-0.05, 0) is 48.6 Å². The summed E-state index contributed by atoms with van der Waals surface area (Å²) in [5.41, 5.74) is 3.53. The number of likely N-dealkylation sites (tertiary alicyclic amines) is 2. The average molecular weight is 663 g/mol. The van der Waals surface area contributed by atoms with Crippen molar-refractivity contribution in [2.24, 2.45) is 11.8 Å². The second kappa shape index (κ2) is 14.9. The van der Waals surface area contributed by atoms with E-state index in [0.29, 0.717) is 24.7 Å². The van der Waals surface area contributed by atoms with Crippen molar-refractivity contribution in [3.8, 4) is 22.5 Å². The van der Waals surface area contributed by atoms with Crippen LogP contribution >= 0.6 is 0 Å². The number of ether oxygens (including phenoxy) is 2. The Kier molecular flexibility index (Phi) is 10.7. The molecule has 4 atom stereocenters. The van der Waals surface area contributed by atoms with Crippen molar-refractivity contribution in [2.45, 2.75) is 77.5 Å². The van der Waals surface area contributed by atoms with Crippen LogP contribution in [0.2, 0.25) is 0 Å². The van der Waals surface area contributed by atoms with E-state index in [0.717, 1.165) is 48.2 Å². The Labute approximate surface area is 280 Å². The smallest absolute Gasteiger partial charge is 0.407 e. The largest absolute Gasteiger partial charge is 0.453 e. The third-order valence-electron chi connectivity index (χ3n) is 9.18. The van der Waals surface area contributed by atoms with E-state index in [1.807, 2.05) is 52.0 Å². The Balaban J connectivity index is 1.27. The number of H-pyrrole nitrogens is 2. The van der Waals surface area contributed by atoms with Crippen LogP contribution in [0.3, 0.4) is 0 Å². The lowest BCUT2D eigenvalue weighted by molar-refractivity contribution is -0.136. The fraction of sp³-hybridized carbons (Fsp3) is 0.529. The summed E-state index contributed by atoms with van der Waals surface area (Å²) in [5.74, 6) is 0.888. The molecular formula is C34H46N8O6. The van der Waals surface area contributed by atoms with E-state index in [9.17, 15) is 19.2 Å². The highest BCUT2D eigenvalue weighted by molar-refractivity contribution is 5.87. The lowest BCUT2D eigenvalue weighted by Gasteiger charge is -2.30. The average Bonchev–Trinajstić information content (AvgIpc) is 3.90. The van der Waals surface area contributed by atoms with Gasteiger partial charge in [0.25, 0.3) is 0 Å². The topological polar surface area (TPSA) is 175 Å². The van der Waals surface area contributed by atoms with E-state index in [4.69, 9.17) is 9.47 Å². The number of rotatable bonds is 10. The maximum atomic E-state index is 13.5. The Hall–Kier alpha value is -4.88. The lowest BCUT2D eigenvalue weighted by atomic mass is 10.0. The van der Waals surface area contributed by atoms with Crippen molar-refractivity contribution in [3.63, 3.8) is 0 Å². The molecule has 14 nitrogen and oxygen atoms in total. The summed E-state index contributed by atoms with van der Waals surface area (Å²) in [6, 6.07) is 6.16. The van der Waals surface area contributed by atoms with Crippen LogP contribution < -0.4 is 10.6 Å². The Morgan fingerprint density at radius 2 is 1.08 bits per heavy atom. The summed E-state index contributed by atoms with van der Waals surface area (Å²) in [6.45, 7) is 8.73. The molecule has 0 saturated carbocycles. The molecule has 0 spiro atoms. The van der Waals surface area contributed by atoms with E-state index >= 15 is 0 Å². The molecule has 1 aromatic carbocycles. The number of amides is 4. The molecule has 48 heavy (non-hydrogen) atoms. The number of carbonyl (C=O) groups is 4. The zero-order valence-electron chi connectivity index (χ0n) is 28.4. The van der Waals surface area contributed by atoms with Gasteiger partial charge in [-0.2, -0.15) is 0 Å². The maximum Gasteiger partial charge on any atom is 0.407 e. The maximum absolute atomic E-state index is 13.5. The molecule has 2 saturated heterocycles. The molecule has 0 bridgehead atoms. The number of nitrogens with zero attached hydrogens (tertiary/aromatic N) is 4. The number of aromatic amines is 2. The molecule has 5 rings (SSSR count). The minimum absolute atomic E-state index is 0.110. The van der Waals surface area contributed by atoms with Gasteiger partial charge in [0.2, 0.25) is 11.8 Å². The lowest BCUT2D eigenvalue weighted by Crippen LogP contribution is -2.51. The third-order valence-corrected chi connectivity index (χ3v) is 9.18. The van der Waals surface area contributed by atoms with Crippen LogP contribution in [0, 0.1) is 11.8 Å². The molecule has 0 unspecified atom stereocenters. The van der Waals surface area contributed by atoms with Gasteiger partial charge in [0.15, 0.2) is 0 Å². The van der Waals surface area contributed by atoms with Gasteiger partial charge in [0.05, 0.1) is 50.1 Å². The van der Waals surface area contributed by atoms with Crippen LogP contribution in [-0.4, -0.2) is 93.1 Å². The van der Waals surface area contributed by atoms with Crippen molar-refractivity contribution >= 4 is 24.0 Å². The second-order valence-electron chi connectivity index (χ2n) is 13.0. The molecule has 2 aliphatic heterocycles. The van der Waals surface area contributed by atoms with Crippen LogP contribution in [0.4, 0.5) is 9.59 Å².